The zero-order chi connectivity index (χ0) is 48.0. The van der Waals surface area contributed by atoms with E-state index in [-0.39, 0.29) is 21.7 Å². The first-order valence-corrected chi connectivity index (χ1v) is 25.3. The van der Waals surface area contributed by atoms with Gasteiger partial charge in [0.05, 0.1) is 0 Å². The molecule has 11 rings (SSSR count). The predicted octanol–water partition coefficient (Wildman–Crippen LogP) is 16.9. The normalized spacial score (nSPS) is 16.9. The Bertz CT molecular complexity index is 3260. The van der Waals surface area contributed by atoms with Crippen molar-refractivity contribution in [2.24, 2.45) is 0 Å². The van der Waals surface area contributed by atoms with Crippen LogP contribution in [0, 0.1) is 13.8 Å². The highest BCUT2D eigenvalue weighted by molar-refractivity contribution is 6.73. The first kappa shape index (κ1) is 44.9. The van der Waals surface area contributed by atoms with Gasteiger partial charge in [0.1, 0.15) is 0 Å². The van der Waals surface area contributed by atoms with Gasteiger partial charge >= 0.3 is 0 Å². The number of hydrogen-bond donors (Lipinski definition) is 1. The fourth-order valence-electron chi connectivity index (χ4n) is 12.0. The molecule has 0 spiro atoms. The second kappa shape index (κ2) is 16.5. The molecule has 69 heavy (non-hydrogen) atoms. The van der Waals surface area contributed by atoms with E-state index in [2.05, 4.69) is 251 Å². The van der Waals surface area contributed by atoms with Crippen LogP contribution in [0.5, 0.6) is 0 Å². The number of hydrogen-bond acceptors (Lipinski definition) is 2. The Labute approximate surface area is 413 Å². The van der Waals surface area contributed by atoms with Crippen LogP contribution in [0.2, 0.25) is 0 Å². The molecule has 1 N–H and O–H groups in total. The van der Waals surface area contributed by atoms with E-state index >= 15 is 0 Å². The molecule has 3 aliphatic rings. The highest BCUT2D eigenvalue weighted by atomic mass is 15.2. The van der Waals surface area contributed by atoms with Gasteiger partial charge in [-0.05, 0) is 194 Å². The van der Waals surface area contributed by atoms with Crippen molar-refractivity contribution in [3.63, 3.8) is 0 Å². The Kier molecular flexibility index (Phi) is 10.8. The summed E-state index contributed by atoms with van der Waals surface area (Å²) in [5.41, 5.74) is 26.8. The maximum atomic E-state index is 3.96. The summed E-state index contributed by atoms with van der Waals surface area (Å²) in [5.74, 6) is 0. The monoisotopic (exact) mass is 898 g/mol. The second-order valence-corrected chi connectivity index (χ2v) is 23.1. The van der Waals surface area contributed by atoms with E-state index in [0.29, 0.717) is 0 Å². The predicted molar refractivity (Wildman–Crippen MR) is 298 cm³/mol. The summed E-state index contributed by atoms with van der Waals surface area (Å²) < 4.78 is 0. The van der Waals surface area contributed by atoms with Crippen molar-refractivity contribution in [2.75, 3.05) is 10.2 Å². The van der Waals surface area contributed by atoms with E-state index in [1.54, 1.807) is 0 Å². The first-order valence-electron chi connectivity index (χ1n) is 25.3. The third-order valence-corrected chi connectivity index (χ3v) is 16.5. The Morgan fingerprint density at radius 1 is 0.420 bits per heavy atom. The average molecular weight is 898 g/mol. The van der Waals surface area contributed by atoms with E-state index in [0.717, 1.165) is 24.2 Å². The molecule has 2 nitrogen and oxygen atoms in total. The van der Waals surface area contributed by atoms with Gasteiger partial charge < -0.3 is 10.2 Å². The Morgan fingerprint density at radius 2 is 0.942 bits per heavy atom. The fourth-order valence-corrected chi connectivity index (χ4v) is 12.0. The summed E-state index contributed by atoms with van der Waals surface area (Å²) in [5, 5.41) is 3.96. The van der Waals surface area contributed by atoms with Crippen molar-refractivity contribution < 1.29 is 0 Å². The lowest BCUT2D eigenvalue weighted by atomic mass is 9.55. The van der Waals surface area contributed by atoms with E-state index in [1.165, 1.54) is 119 Å². The van der Waals surface area contributed by atoms with Crippen LogP contribution in [0.15, 0.2) is 164 Å². The minimum absolute atomic E-state index is 0.0523. The number of rotatable bonds is 7. The Morgan fingerprint density at radius 3 is 1.57 bits per heavy atom. The van der Waals surface area contributed by atoms with E-state index in [4.69, 9.17) is 0 Å². The summed E-state index contributed by atoms with van der Waals surface area (Å²) in [7, 11) is 2.53. The molecule has 0 aromatic heterocycles. The molecule has 0 saturated heterocycles. The van der Waals surface area contributed by atoms with Crippen molar-refractivity contribution in [3.05, 3.63) is 197 Å². The molecule has 1 heterocycles. The molecule has 8 aromatic carbocycles. The van der Waals surface area contributed by atoms with Crippen molar-refractivity contribution in [1.82, 2.24) is 0 Å². The number of nitrogens with one attached hydrogen (secondary N) is 1. The van der Waals surface area contributed by atoms with Gasteiger partial charge in [0.2, 0.25) is 0 Å². The van der Waals surface area contributed by atoms with Gasteiger partial charge in [0.15, 0.2) is 7.28 Å². The number of nitrogens with zero attached hydrogens (tertiary/aromatic N) is 1. The maximum Gasteiger partial charge on any atom is 0.197 e. The van der Waals surface area contributed by atoms with Crippen LogP contribution in [0.1, 0.15) is 114 Å². The van der Waals surface area contributed by atoms with Gasteiger partial charge in [-0.15, -0.1) is 0 Å². The quantitative estimate of drug-likeness (QED) is 0.160. The van der Waals surface area contributed by atoms with Gasteiger partial charge in [-0.25, -0.2) is 0 Å². The van der Waals surface area contributed by atoms with Gasteiger partial charge in [0.25, 0.3) is 0 Å². The van der Waals surface area contributed by atoms with Gasteiger partial charge in [0, 0.05) is 34.0 Å². The van der Waals surface area contributed by atoms with E-state index < -0.39 is 0 Å². The summed E-state index contributed by atoms with van der Waals surface area (Å²) in [6.45, 7) is 24.2. The largest absolute Gasteiger partial charge is 0.355 e. The third kappa shape index (κ3) is 7.93. The van der Waals surface area contributed by atoms with Crippen LogP contribution in [0.4, 0.5) is 28.4 Å². The lowest BCUT2D eigenvalue weighted by Gasteiger charge is -2.45. The number of fused-ring (bicyclic) bond motifs is 4. The van der Waals surface area contributed by atoms with Gasteiger partial charge in [-0.3, -0.25) is 0 Å². The SMILES string of the molecule is Cc1cccc(C)c1-c1cc(-c2cc(-c3ccccc3)ccc2Nc2ccc(-c3ccccc3)cc2)c2c(c1)N(c1ccc3c(c1)C(C)(C)CCC3(C)C)c1cc3c(cc1[B]2)C(C)(C)CCC3(C)C. The molecule has 0 unspecified atom stereocenters. The van der Waals surface area contributed by atoms with Crippen LogP contribution in [0.3, 0.4) is 0 Å². The molecule has 1 radical (unpaired) electrons. The van der Waals surface area contributed by atoms with Crippen molar-refractivity contribution in [1.29, 1.82) is 0 Å². The molecule has 0 fully saturated rings. The maximum absolute atomic E-state index is 3.96. The lowest BCUT2D eigenvalue weighted by molar-refractivity contribution is 0.332. The van der Waals surface area contributed by atoms with Crippen LogP contribution >= 0.6 is 0 Å². The first-order chi connectivity index (χ1) is 33.0. The summed E-state index contributed by atoms with van der Waals surface area (Å²) in [4.78, 5) is 2.65. The van der Waals surface area contributed by atoms with Gasteiger partial charge in [-0.1, -0.05) is 170 Å². The molecular weight excluding hydrogens is 832 g/mol. The molecule has 8 aromatic rings. The fraction of sp³-hybridized carbons (Fsp3) is 0.273. The zero-order valence-corrected chi connectivity index (χ0v) is 42.4. The molecule has 0 saturated carbocycles. The summed E-state index contributed by atoms with van der Waals surface area (Å²) in [6.07, 6.45) is 4.68. The molecule has 1 aliphatic heterocycles. The number of benzene rings is 8. The summed E-state index contributed by atoms with van der Waals surface area (Å²) >= 11 is 0. The average Bonchev–Trinajstić information content (AvgIpc) is 3.34. The lowest BCUT2D eigenvalue weighted by Crippen LogP contribution is -2.44. The molecule has 0 bridgehead atoms. The van der Waals surface area contributed by atoms with Crippen molar-refractivity contribution >= 4 is 46.6 Å². The minimum Gasteiger partial charge on any atom is -0.355 e. The van der Waals surface area contributed by atoms with Crippen LogP contribution in [0.25, 0.3) is 44.5 Å². The van der Waals surface area contributed by atoms with Gasteiger partial charge in [-0.2, -0.15) is 0 Å². The van der Waals surface area contributed by atoms with Crippen LogP contribution < -0.4 is 21.1 Å². The number of aryl methyl sites for hydroxylation is 2. The molecule has 0 amide bonds. The van der Waals surface area contributed by atoms with Crippen LogP contribution in [-0.2, 0) is 21.7 Å². The second-order valence-electron chi connectivity index (χ2n) is 23.1. The van der Waals surface area contributed by atoms with Crippen LogP contribution in [-0.4, -0.2) is 7.28 Å². The van der Waals surface area contributed by atoms with Crippen molar-refractivity contribution in [3.8, 4) is 44.5 Å². The topological polar surface area (TPSA) is 15.3 Å². The molecule has 3 heteroatoms. The van der Waals surface area contributed by atoms with E-state index in [9.17, 15) is 0 Å². The number of anilines is 5. The molecule has 0 atom stereocenters. The highest BCUT2D eigenvalue weighted by Crippen LogP contribution is 2.52. The summed E-state index contributed by atoms with van der Waals surface area (Å²) in [6, 6.07) is 61.8. The van der Waals surface area contributed by atoms with E-state index in [1.807, 2.05) is 0 Å². The highest BCUT2D eigenvalue weighted by Gasteiger charge is 2.41. The Balaban J connectivity index is 1.20. The zero-order valence-electron chi connectivity index (χ0n) is 42.4. The smallest absolute Gasteiger partial charge is 0.197 e. The van der Waals surface area contributed by atoms with Crippen molar-refractivity contribution in [2.45, 2.75) is 117 Å². The third-order valence-electron chi connectivity index (χ3n) is 16.5. The minimum atomic E-state index is 0.0523. The Hall–Kier alpha value is -6.58. The molecule has 2 aliphatic carbocycles. The molecule has 343 valence electrons. The molecular formula is C66H66BN2. The standard InChI is InChI=1S/C66H66BN2/c1-42-18-17-19-43(2)61(42)48-37-52(51-36-47(45-22-15-12-16-23-45)26-31-58(51)68-49-27-24-46(25-28-49)44-20-13-11-14-21-44)62-60(38-48)69(50-29-30-53-54(39-50)64(5,6)33-32-63(53,3)4)59-41-56-55(40-57(59)67-62)65(7,8)34-35-66(56,9)10/h11-31,36-41,68H,32-35H2,1-10H3.